The van der Waals surface area contributed by atoms with Gasteiger partial charge in [0.05, 0.1) is 0 Å². The highest BCUT2D eigenvalue weighted by molar-refractivity contribution is 7.13. The van der Waals surface area contributed by atoms with Gasteiger partial charge >= 0.3 is 0 Å². The average molecular weight is 229 g/mol. The predicted octanol–water partition coefficient (Wildman–Crippen LogP) is 3.49. The Balaban J connectivity index is 1.93. The maximum absolute atomic E-state index is 3.43. The third kappa shape index (κ3) is 1.91. The number of hydrogen-bond acceptors (Lipinski definition) is 2. The molecule has 1 saturated heterocycles. The second-order valence-corrected chi connectivity index (χ2v) is 5.24. The van der Waals surface area contributed by atoms with Crippen LogP contribution >= 0.6 is 11.3 Å². The Kier molecular flexibility index (Phi) is 2.77. The van der Waals surface area contributed by atoms with E-state index < -0.39 is 0 Å². The Morgan fingerprint density at radius 3 is 2.94 bits per heavy atom. The third-order valence-corrected chi connectivity index (χ3v) is 4.14. The molecule has 1 atom stereocenters. The lowest BCUT2D eigenvalue weighted by Crippen LogP contribution is -2.07. The van der Waals surface area contributed by atoms with E-state index in [2.05, 4.69) is 47.1 Å². The SMILES string of the molecule is c1cc(-c2cccs2)cc(C2CCNC2)c1. The average Bonchev–Trinajstić information content (AvgIpc) is 3.03. The van der Waals surface area contributed by atoms with Gasteiger partial charge in [-0.05, 0) is 41.5 Å². The summed E-state index contributed by atoms with van der Waals surface area (Å²) in [5.74, 6) is 0.708. The summed E-state index contributed by atoms with van der Waals surface area (Å²) in [7, 11) is 0. The molecule has 0 saturated carbocycles. The molecule has 1 aliphatic heterocycles. The van der Waals surface area contributed by atoms with E-state index in [9.17, 15) is 0 Å². The molecule has 0 spiro atoms. The fraction of sp³-hybridized carbons (Fsp3) is 0.286. The summed E-state index contributed by atoms with van der Waals surface area (Å²) in [4.78, 5) is 1.37. The van der Waals surface area contributed by atoms with E-state index in [1.165, 1.54) is 22.4 Å². The molecular formula is C14H15NS. The zero-order valence-electron chi connectivity index (χ0n) is 9.15. The van der Waals surface area contributed by atoms with Crippen LogP contribution in [0.5, 0.6) is 0 Å². The van der Waals surface area contributed by atoms with Crippen molar-refractivity contribution in [3.05, 3.63) is 47.3 Å². The van der Waals surface area contributed by atoms with E-state index in [0.717, 1.165) is 13.1 Å². The minimum absolute atomic E-state index is 0.708. The van der Waals surface area contributed by atoms with Gasteiger partial charge in [-0.15, -0.1) is 11.3 Å². The zero-order chi connectivity index (χ0) is 10.8. The van der Waals surface area contributed by atoms with Crippen molar-refractivity contribution in [1.82, 2.24) is 5.32 Å². The molecule has 1 nitrogen and oxygen atoms in total. The molecule has 1 aromatic carbocycles. The molecular weight excluding hydrogens is 214 g/mol. The lowest BCUT2D eigenvalue weighted by atomic mass is 9.96. The number of hydrogen-bond donors (Lipinski definition) is 1. The summed E-state index contributed by atoms with van der Waals surface area (Å²) in [6.45, 7) is 2.29. The maximum Gasteiger partial charge on any atom is 0.0342 e. The molecule has 0 aliphatic carbocycles. The Hall–Kier alpha value is -1.12. The van der Waals surface area contributed by atoms with Crippen LogP contribution in [0.2, 0.25) is 0 Å². The van der Waals surface area contributed by atoms with Crippen molar-refractivity contribution in [3.8, 4) is 10.4 Å². The molecule has 2 heterocycles. The molecule has 1 fully saturated rings. The van der Waals surface area contributed by atoms with Crippen LogP contribution in [0.3, 0.4) is 0 Å². The summed E-state index contributed by atoms with van der Waals surface area (Å²) >= 11 is 1.81. The summed E-state index contributed by atoms with van der Waals surface area (Å²) < 4.78 is 0. The molecule has 0 amide bonds. The van der Waals surface area contributed by atoms with E-state index in [-0.39, 0.29) is 0 Å². The Bertz CT molecular complexity index is 455. The normalized spacial score (nSPS) is 20.1. The van der Waals surface area contributed by atoms with E-state index >= 15 is 0 Å². The first kappa shape index (κ1) is 10.1. The highest BCUT2D eigenvalue weighted by atomic mass is 32.1. The van der Waals surface area contributed by atoms with Gasteiger partial charge in [-0.3, -0.25) is 0 Å². The summed E-state index contributed by atoms with van der Waals surface area (Å²) in [6, 6.07) is 13.3. The van der Waals surface area contributed by atoms with Gasteiger partial charge in [0.25, 0.3) is 0 Å². The Morgan fingerprint density at radius 1 is 1.19 bits per heavy atom. The van der Waals surface area contributed by atoms with Crippen LogP contribution in [0.15, 0.2) is 41.8 Å². The summed E-state index contributed by atoms with van der Waals surface area (Å²) in [5, 5.41) is 5.57. The first-order valence-electron chi connectivity index (χ1n) is 5.78. The van der Waals surface area contributed by atoms with Crippen molar-refractivity contribution < 1.29 is 0 Å². The smallest absolute Gasteiger partial charge is 0.0342 e. The largest absolute Gasteiger partial charge is 0.316 e. The van der Waals surface area contributed by atoms with Crippen LogP contribution in [-0.2, 0) is 0 Å². The molecule has 3 rings (SSSR count). The molecule has 1 N–H and O–H groups in total. The lowest BCUT2D eigenvalue weighted by Gasteiger charge is -2.09. The molecule has 2 heteroatoms. The van der Waals surface area contributed by atoms with Crippen molar-refractivity contribution in [2.24, 2.45) is 0 Å². The van der Waals surface area contributed by atoms with Gasteiger partial charge in [-0.25, -0.2) is 0 Å². The molecule has 2 aromatic rings. The van der Waals surface area contributed by atoms with Crippen LogP contribution in [0.1, 0.15) is 17.9 Å². The van der Waals surface area contributed by atoms with Crippen molar-refractivity contribution in [1.29, 1.82) is 0 Å². The Morgan fingerprint density at radius 2 is 2.19 bits per heavy atom. The highest BCUT2D eigenvalue weighted by Crippen LogP contribution is 2.29. The van der Waals surface area contributed by atoms with Gasteiger partial charge in [-0.2, -0.15) is 0 Å². The molecule has 16 heavy (non-hydrogen) atoms. The number of thiophene rings is 1. The van der Waals surface area contributed by atoms with Crippen LogP contribution in [-0.4, -0.2) is 13.1 Å². The van der Waals surface area contributed by atoms with E-state index in [1.54, 1.807) is 0 Å². The molecule has 1 aromatic heterocycles. The van der Waals surface area contributed by atoms with Crippen LogP contribution in [0, 0.1) is 0 Å². The first-order chi connectivity index (χ1) is 7.93. The minimum Gasteiger partial charge on any atom is -0.316 e. The van der Waals surface area contributed by atoms with Crippen molar-refractivity contribution in [2.75, 3.05) is 13.1 Å². The van der Waals surface area contributed by atoms with Crippen molar-refractivity contribution in [3.63, 3.8) is 0 Å². The fourth-order valence-corrected chi connectivity index (χ4v) is 3.05. The zero-order valence-corrected chi connectivity index (χ0v) is 9.96. The molecule has 0 bridgehead atoms. The van der Waals surface area contributed by atoms with Crippen molar-refractivity contribution >= 4 is 11.3 Å². The highest BCUT2D eigenvalue weighted by Gasteiger charge is 2.16. The van der Waals surface area contributed by atoms with Gasteiger partial charge in [0.1, 0.15) is 0 Å². The lowest BCUT2D eigenvalue weighted by molar-refractivity contribution is 0.764. The Labute approximate surface area is 100 Å². The monoisotopic (exact) mass is 229 g/mol. The second-order valence-electron chi connectivity index (χ2n) is 4.29. The molecule has 1 aliphatic rings. The number of nitrogens with one attached hydrogen (secondary N) is 1. The maximum atomic E-state index is 3.43. The summed E-state index contributed by atoms with van der Waals surface area (Å²) in [5.41, 5.74) is 2.84. The second kappa shape index (κ2) is 4.40. The molecule has 0 radical (unpaired) electrons. The fourth-order valence-electron chi connectivity index (χ4n) is 2.33. The van der Waals surface area contributed by atoms with Crippen LogP contribution in [0.4, 0.5) is 0 Å². The number of rotatable bonds is 2. The predicted molar refractivity (Wildman–Crippen MR) is 70.0 cm³/mol. The minimum atomic E-state index is 0.708. The molecule has 1 unspecified atom stereocenters. The standard InChI is InChI=1S/C14H15NS/c1-3-11(13-6-7-15-10-13)9-12(4-1)14-5-2-8-16-14/h1-5,8-9,13,15H,6-7,10H2. The van der Waals surface area contributed by atoms with Crippen molar-refractivity contribution in [2.45, 2.75) is 12.3 Å². The van der Waals surface area contributed by atoms with E-state index in [0.29, 0.717) is 5.92 Å². The molecule has 82 valence electrons. The first-order valence-corrected chi connectivity index (χ1v) is 6.66. The van der Waals surface area contributed by atoms with Gasteiger partial charge in [0.2, 0.25) is 0 Å². The third-order valence-electron chi connectivity index (χ3n) is 3.22. The van der Waals surface area contributed by atoms with Gasteiger partial charge in [-0.1, -0.05) is 30.3 Å². The van der Waals surface area contributed by atoms with Gasteiger partial charge < -0.3 is 5.32 Å². The van der Waals surface area contributed by atoms with Crippen LogP contribution in [0.25, 0.3) is 10.4 Å². The van der Waals surface area contributed by atoms with Gasteiger partial charge in [0.15, 0.2) is 0 Å². The number of benzene rings is 1. The summed E-state index contributed by atoms with van der Waals surface area (Å²) in [6.07, 6.45) is 1.27. The van der Waals surface area contributed by atoms with E-state index in [4.69, 9.17) is 0 Å². The van der Waals surface area contributed by atoms with Gasteiger partial charge in [0, 0.05) is 11.4 Å². The van der Waals surface area contributed by atoms with Crippen LogP contribution < -0.4 is 5.32 Å². The van der Waals surface area contributed by atoms with E-state index in [1.807, 2.05) is 11.3 Å². The quantitative estimate of drug-likeness (QED) is 0.831. The topological polar surface area (TPSA) is 12.0 Å².